The summed E-state index contributed by atoms with van der Waals surface area (Å²) < 4.78 is 0. The van der Waals surface area contributed by atoms with Crippen molar-refractivity contribution in [3.63, 3.8) is 0 Å². The Balaban J connectivity index is 1.75. The molecular weight excluding hydrogens is 330 g/mol. The summed E-state index contributed by atoms with van der Waals surface area (Å²) in [5, 5.41) is 0. The van der Waals surface area contributed by atoms with Crippen molar-refractivity contribution in [2.75, 3.05) is 12.3 Å². The summed E-state index contributed by atoms with van der Waals surface area (Å²) >= 11 is 3.36. The monoisotopic (exact) mass is 351 g/mol. The Labute approximate surface area is 129 Å². The fourth-order valence-electron chi connectivity index (χ4n) is 1.91. The van der Waals surface area contributed by atoms with E-state index in [0.29, 0.717) is 0 Å². The minimum atomic E-state index is -0.0238. The van der Waals surface area contributed by atoms with E-state index in [1.807, 2.05) is 26.2 Å². The van der Waals surface area contributed by atoms with Gasteiger partial charge in [-0.1, -0.05) is 0 Å². The number of rotatable bonds is 6. The molecule has 0 saturated carbocycles. The molecule has 0 aliphatic heterocycles. The molecule has 20 heavy (non-hydrogen) atoms. The first-order chi connectivity index (χ1) is 9.63. The molecule has 2 aromatic rings. The molecule has 2 heterocycles. The van der Waals surface area contributed by atoms with Gasteiger partial charge in [0.2, 0.25) is 0 Å². The van der Waals surface area contributed by atoms with Gasteiger partial charge in [0.05, 0.1) is 0 Å². The van der Waals surface area contributed by atoms with E-state index < -0.39 is 0 Å². The third kappa shape index (κ3) is 5.25. The van der Waals surface area contributed by atoms with Crippen LogP contribution in [0.1, 0.15) is 22.5 Å². The van der Waals surface area contributed by atoms with Crippen molar-refractivity contribution < 1.29 is 0 Å². The van der Waals surface area contributed by atoms with Crippen LogP contribution in [0.3, 0.4) is 0 Å². The molecule has 0 aliphatic rings. The van der Waals surface area contributed by atoms with Crippen molar-refractivity contribution in [2.24, 2.45) is 0 Å². The van der Waals surface area contributed by atoms with Crippen molar-refractivity contribution in [1.29, 1.82) is 0 Å². The van der Waals surface area contributed by atoms with Crippen molar-refractivity contribution in [2.45, 2.75) is 26.7 Å². The molecule has 0 radical (unpaired) electrons. The predicted molar refractivity (Wildman–Crippen MR) is 87.8 cm³/mol. The number of nitrogens with zero attached hydrogens (tertiary/aromatic N) is 2. The Morgan fingerprint density at radius 2 is 1.30 bits per heavy atom. The van der Waals surface area contributed by atoms with E-state index in [1.165, 1.54) is 23.5 Å². The van der Waals surface area contributed by atoms with E-state index in [1.54, 1.807) is 0 Å². The van der Waals surface area contributed by atoms with Crippen molar-refractivity contribution in [3.8, 4) is 0 Å². The molecule has 0 atom stereocenters. The number of aryl methyl sites for hydroxylation is 4. The van der Waals surface area contributed by atoms with E-state index >= 15 is 0 Å². The Morgan fingerprint density at radius 3 is 1.65 bits per heavy atom. The molecule has 2 rings (SSSR count). The minimum absolute atomic E-state index is 0.0238. The molecular formula is C16H20N2PSe+. The second-order valence-corrected chi connectivity index (χ2v) is 10.2. The molecule has 2 nitrogen and oxygen atoms in total. The van der Waals surface area contributed by atoms with E-state index in [4.69, 9.17) is 0 Å². The summed E-state index contributed by atoms with van der Waals surface area (Å²) in [6.45, 7) is 4.06. The summed E-state index contributed by atoms with van der Waals surface area (Å²) in [6, 6.07) is 8.56. The van der Waals surface area contributed by atoms with Crippen LogP contribution in [0.5, 0.6) is 0 Å². The van der Waals surface area contributed by atoms with E-state index in [9.17, 15) is 0 Å². The Bertz CT molecular complexity index is 513. The molecule has 0 saturated heterocycles. The molecule has 4 heteroatoms. The van der Waals surface area contributed by atoms with E-state index in [0.717, 1.165) is 24.2 Å². The third-order valence-electron chi connectivity index (χ3n) is 3.24. The van der Waals surface area contributed by atoms with Crippen LogP contribution in [0.4, 0.5) is 0 Å². The second kappa shape index (κ2) is 7.78. The van der Waals surface area contributed by atoms with Crippen LogP contribution in [-0.4, -0.2) is 37.4 Å². The van der Waals surface area contributed by atoms with Crippen LogP contribution in [0.15, 0.2) is 36.7 Å². The molecule has 0 aromatic carbocycles. The topological polar surface area (TPSA) is 25.8 Å². The maximum absolute atomic E-state index is 4.35. The molecule has 2 aromatic heterocycles. The van der Waals surface area contributed by atoms with Gasteiger partial charge in [-0.3, -0.25) is 0 Å². The fourth-order valence-corrected chi connectivity index (χ4v) is 4.30. The fraction of sp³-hybridized carbons (Fsp3) is 0.375. The molecule has 0 amide bonds. The van der Waals surface area contributed by atoms with Gasteiger partial charge in [-0.15, -0.1) is 0 Å². The van der Waals surface area contributed by atoms with Crippen LogP contribution in [0, 0.1) is 13.8 Å². The first-order valence-corrected chi connectivity index (χ1v) is 10.8. The average Bonchev–Trinajstić information content (AvgIpc) is 2.46. The number of aromatic nitrogens is 2. The molecule has 0 N–H and O–H groups in total. The Hall–Kier alpha value is -0.881. The summed E-state index contributed by atoms with van der Waals surface area (Å²) in [6.07, 6.45) is 8.70. The number of hydrogen-bond acceptors (Lipinski definition) is 2. The summed E-state index contributed by atoms with van der Waals surface area (Å²) in [4.78, 5) is 8.70. The van der Waals surface area contributed by atoms with Crippen molar-refractivity contribution >= 4 is 21.3 Å². The SMILES string of the molecule is Cc1ccc(CC[P+](=[Se])CCc2ccc(C)nc2)cn1. The number of pyridine rings is 2. The molecule has 0 fully saturated rings. The maximum atomic E-state index is 4.35. The van der Waals surface area contributed by atoms with E-state index in [-0.39, 0.29) is 6.17 Å². The van der Waals surface area contributed by atoms with Crippen LogP contribution in [0.2, 0.25) is 0 Å². The zero-order valence-corrected chi connectivity index (χ0v) is 14.6. The van der Waals surface area contributed by atoms with Gasteiger partial charge in [0, 0.05) is 0 Å². The summed E-state index contributed by atoms with van der Waals surface area (Å²) in [5.41, 5.74) is 4.86. The molecule has 0 aliphatic carbocycles. The summed E-state index contributed by atoms with van der Waals surface area (Å²) in [5.74, 6) is 0. The Kier molecular flexibility index (Phi) is 6.04. The molecule has 0 spiro atoms. The molecule has 0 unspecified atom stereocenters. The van der Waals surface area contributed by atoms with Gasteiger partial charge >= 0.3 is 129 Å². The van der Waals surface area contributed by atoms with Crippen LogP contribution in [0.25, 0.3) is 0 Å². The van der Waals surface area contributed by atoms with Gasteiger partial charge in [0.15, 0.2) is 0 Å². The predicted octanol–water partition coefficient (Wildman–Crippen LogP) is 3.44. The van der Waals surface area contributed by atoms with E-state index in [2.05, 4.69) is 49.3 Å². The molecule has 0 bridgehead atoms. The van der Waals surface area contributed by atoms with Crippen molar-refractivity contribution in [3.05, 3.63) is 59.2 Å². The van der Waals surface area contributed by atoms with Gasteiger partial charge < -0.3 is 0 Å². The zero-order valence-electron chi connectivity index (χ0n) is 12.0. The zero-order chi connectivity index (χ0) is 14.4. The first kappa shape index (κ1) is 15.5. The van der Waals surface area contributed by atoms with Crippen LogP contribution in [-0.2, 0) is 12.8 Å². The van der Waals surface area contributed by atoms with Gasteiger partial charge in [0.1, 0.15) is 0 Å². The molecule has 104 valence electrons. The number of hydrogen-bond donors (Lipinski definition) is 0. The van der Waals surface area contributed by atoms with Crippen LogP contribution >= 0.6 is 6.17 Å². The van der Waals surface area contributed by atoms with Crippen LogP contribution < -0.4 is 0 Å². The van der Waals surface area contributed by atoms with Crippen molar-refractivity contribution in [1.82, 2.24) is 9.97 Å². The van der Waals surface area contributed by atoms with Gasteiger partial charge in [-0.2, -0.15) is 0 Å². The quantitative estimate of drug-likeness (QED) is 0.589. The Morgan fingerprint density at radius 1 is 0.850 bits per heavy atom. The third-order valence-corrected chi connectivity index (χ3v) is 6.99. The standard InChI is InChI=1S/C16H20N2PSe/c1-13-3-5-15(11-17-13)7-9-19(20)10-8-16-6-4-14(2)18-12-16/h3-6,11-12H,7-10H2,1-2H3/q+1. The second-order valence-electron chi connectivity index (χ2n) is 5.04. The van der Waals surface area contributed by atoms with Gasteiger partial charge in [-0.05, 0) is 0 Å². The average molecular weight is 350 g/mol. The van der Waals surface area contributed by atoms with Gasteiger partial charge in [0.25, 0.3) is 0 Å². The normalized spacial score (nSPS) is 10.5. The van der Waals surface area contributed by atoms with Gasteiger partial charge in [-0.25, -0.2) is 0 Å². The summed E-state index contributed by atoms with van der Waals surface area (Å²) in [7, 11) is 0. The first-order valence-electron chi connectivity index (χ1n) is 6.88.